The fourth-order valence-electron chi connectivity index (χ4n) is 2.16. The summed E-state index contributed by atoms with van der Waals surface area (Å²) < 4.78 is 11.0. The molecule has 0 aliphatic rings. The van der Waals surface area contributed by atoms with Gasteiger partial charge in [0.2, 0.25) is 0 Å². The number of carbonyl (C=O) groups excluding carboxylic acids is 2. The normalized spacial score (nSPS) is 11.8. The molecule has 0 bridgehead atoms. The van der Waals surface area contributed by atoms with Gasteiger partial charge in [-0.15, -0.1) is 0 Å². The maximum atomic E-state index is 12.0. The standard InChI is InChI=1S/C16H18ClN3O4/c1-3-24-15(21)12(18)9-11-13(16(22)23-2)19-20(14(11)17)10-7-5-4-6-8-10/h4-8,12H,3,9,18H2,1-2H3. The Hall–Kier alpha value is -2.38. The molecule has 2 aromatic rings. The number of para-hydroxylation sites is 1. The summed E-state index contributed by atoms with van der Waals surface area (Å²) in [6.45, 7) is 1.90. The number of nitrogens with two attached hydrogens (primary N) is 1. The minimum absolute atomic E-state index is 0.00886. The molecule has 8 heteroatoms. The van der Waals surface area contributed by atoms with Crippen LogP contribution in [-0.4, -0.2) is 41.5 Å². The molecule has 0 saturated heterocycles. The number of nitrogens with zero attached hydrogens (tertiary/aromatic N) is 2. The lowest BCUT2D eigenvalue weighted by atomic mass is 10.1. The van der Waals surface area contributed by atoms with Crippen molar-refractivity contribution in [1.82, 2.24) is 9.78 Å². The van der Waals surface area contributed by atoms with Crippen molar-refractivity contribution in [2.75, 3.05) is 13.7 Å². The predicted molar refractivity (Wildman–Crippen MR) is 88.2 cm³/mol. The van der Waals surface area contributed by atoms with Crippen molar-refractivity contribution in [3.05, 3.63) is 46.7 Å². The minimum atomic E-state index is -0.959. The zero-order chi connectivity index (χ0) is 17.7. The number of esters is 2. The highest BCUT2D eigenvalue weighted by molar-refractivity contribution is 6.31. The van der Waals surface area contributed by atoms with E-state index in [1.165, 1.54) is 11.8 Å². The van der Waals surface area contributed by atoms with Crippen molar-refractivity contribution in [1.29, 1.82) is 0 Å². The summed E-state index contributed by atoms with van der Waals surface area (Å²) in [6, 6.07) is 8.09. The summed E-state index contributed by atoms with van der Waals surface area (Å²) >= 11 is 6.38. The number of aromatic nitrogens is 2. The van der Waals surface area contributed by atoms with E-state index in [-0.39, 0.29) is 23.9 Å². The lowest BCUT2D eigenvalue weighted by Crippen LogP contribution is -2.34. The number of rotatable bonds is 6. The van der Waals surface area contributed by atoms with Crippen LogP contribution in [-0.2, 0) is 20.7 Å². The molecule has 0 fully saturated rings. The fourth-order valence-corrected chi connectivity index (χ4v) is 2.47. The minimum Gasteiger partial charge on any atom is -0.465 e. The van der Waals surface area contributed by atoms with Crippen LogP contribution < -0.4 is 5.73 Å². The zero-order valence-electron chi connectivity index (χ0n) is 13.4. The van der Waals surface area contributed by atoms with Crippen molar-refractivity contribution < 1.29 is 19.1 Å². The Morgan fingerprint density at radius 1 is 1.33 bits per heavy atom. The number of hydrogen-bond donors (Lipinski definition) is 1. The smallest absolute Gasteiger partial charge is 0.358 e. The Kier molecular flexibility index (Phi) is 5.94. The van der Waals surface area contributed by atoms with Gasteiger partial charge in [-0.2, -0.15) is 5.10 Å². The summed E-state index contributed by atoms with van der Waals surface area (Å²) in [5.74, 6) is -1.23. The first-order valence-corrected chi connectivity index (χ1v) is 7.70. The van der Waals surface area contributed by atoms with Gasteiger partial charge in [-0.25, -0.2) is 9.48 Å². The lowest BCUT2D eigenvalue weighted by Gasteiger charge is -2.10. The number of methoxy groups -OCH3 is 1. The van der Waals surface area contributed by atoms with E-state index < -0.39 is 18.0 Å². The van der Waals surface area contributed by atoms with Gasteiger partial charge in [0.15, 0.2) is 5.69 Å². The fraction of sp³-hybridized carbons (Fsp3) is 0.312. The highest BCUT2D eigenvalue weighted by Crippen LogP contribution is 2.25. The highest BCUT2D eigenvalue weighted by Gasteiger charge is 2.27. The van der Waals surface area contributed by atoms with Crippen molar-refractivity contribution >= 4 is 23.5 Å². The Labute approximate surface area is 144 Å². The van der Waals surface area contributed by atoms with Crippen LogP contribution in [0.3, 0.4) is 0 Å². The molecule has 128 valence electrons. The van der Waals surface area contributed by atoms with Gasteiger partial charge in [0.05, 0.1) is 19.4 Å². The molecule has 1 atom stereocenters. The third-order valence-electron chi connectivity index (χ3n) is 3.31. The maximum absolute atomic E-state index is 12.0. The molecule has 2 rings (SSSR count). The highest BCUT2D eigenvalue weighted by atomic mass is 35.5. The van der Waals surface area contributed by atoms with E-state index in [4.69, 9.17) is 26.8 Å². The molecule has 1 aromatic carbocycles. The molecule has 1 aromatic heterocycles. The van der Waals surface area contributed by atoms with Crippen LogP contribution in [0.2, 0.25) is 5.15 Å². The van der Waals surface area contributed by atoms with Crippen LogP contribution in [0.25, 0.3) is 5.69 Å². The van der Waals surface area contributed by atoms with Gasteiger partial charge < -0.3 is 15.2 Å². The van der Waals surface area contributed by atoms with E-state index in [9.17, 15) is 9.59 Å². The van der Waals surface area contributed by atoms with Gasteiger partial charge in [-0.1, -0.05) is 29.8 Å². The van der Waals surface area contributed by atoms with Crippen molar-refractivity contribution in [2.45, 2.75) is 19.4 Å². The van der Waals surface area contributed by atoms with Gasteiger partial charge in [0.25, 0.3) is 0 Å². The third-order valence-corrected chi connectivity index (χ3v) is 3.70. The molecule has 0 saturated carbocycles. The van der Waals surface area contributed by atoms with E-state index in [2.05, 4.69) is 5.10 Å². The average Bonchev–Trinajstić information content (AvgIpc) is 2.92. The predicted octanol–water partition coefficient (Wildman–Crippen LogP) is 1.75. The molecule has 1 unspecified atom stereocenters. The second-order valence-corrected chi connectivity index (χ2v) is 5.28. The molecule has 2 N–H and O–H groups in total. The second-order valence-electron chi connectivity index (χ2n) is 4.92. The molecule has 0 spiro atoms. The number of carbonyl (C=O) groups is 2. The monoisotopic (exact) mass is 351 g/mol. The molecule has 0 aliphatic carbocycles. The van der Waals surface area contributed by atoms with Crippen LogP contribution in [0.15, 0.2) is 30.3 Å². The van der Waals surface area contributed by atoms with Crippen LogP contribution in [0.1, 0.15) is 23.0 Å². The molecular weight excluding hydrogens is 334 g/mol. The Morgan fingerprint density at radius 2 is 2.00 bits per heavy atom. The van der Waals surface area contributed by atoms with Crippen molar-refractivity contribution in [3.63, 3.8) is 0 Å². The first kappa shape index (κ1) is 18.0. The molecule has 0 aliphatic heterocycles. The lowest BCUT2D eigenvalue weighted by molar-refractivity contribution is -0.144. The van der Waals surface area contributed by atoms with E-state index >= 15 is 0 Å². The summed E-state index contributed by atoms with van der Waals surface area (Å²) in [7, 11) is 1.24. The molecule has 0 amide bonds. The summed E-state index contributed by atoms with van der Waals surface area (Å²) in [5, 5.41) is 4.41. The molecule has 0 radical (unpaired) electrons. The van der Waals surface area contributed by atoms with Gasteiger partial charge in [-0.3, -0.25) is 4.79 Å². The van der Waals surface area contributed by atoms with E-state index in [0.29, 0.717) is 11.3 Å². The van der Waals surface area contributed by atoms with Crippen LogP contribution >= 0.6 is 11.6 Å². The maximum Gasteiger partial charge on any atom is 0.358 e. The van der Waals surface area contributed by atoms with Crippen LogP contribution in [0.5, 0.6) is 0 Å². The number of hydrogen-bond acceptors (Lipinski definition) is 6. The summed E-state index contributed by atoms with van der Waals surface area (Å²) in [5.41, 5.74) is 6.87. The van der Waals surface area contributed by atoms with Gasteiger partial charge in [0, 0.05) is 12.0 Å². The van der Waals surface area contributed by atoms with E-state index in [0.717, 1.165) is 0 Å². The van der Waals surface area contributed by atoms with Crippen LogP contribution in [0, 0.1) is 0 Å². The second kappa shape index (κ2) is 7.94. The number of ether oxygens (including phenoxy) is 2. The first-order chi connectivity index (χ1) is 11.5. The summed E-state index contributed by atoms with van der Waals surface area (Å²) in [6.07, 6.45) is 0.00886. The molecule has 1 heterocycles. The summed E-state index contributed by atoms with van der Waals surface area (Å²) in [4.78, 5) is 23.7. The topological polar surface area (TPSA) is 96.4 Å². The molecule has 7 nitrogen and oxygen atoms in total. The quantitative estimate of drug-likeness (QED) is 0.796. The Balaban J connectivity index is 2.43. The Morgan fingerprint density at radius 3 is 2.58 bits per heavy atom. The molecule has 24 heavy (non-hydrogen) atoms. The third kappa shape index (κ3) is 3.74. The number of halogens is 1. The SMILES string of the molecule is CCOC(=O)C(N)Cc1c(C(=O)OC)nn(-c2ccccc2)c1Cl. The zero-order valence-corrected chi connectivity index (χ0v) is 14.1. The molecular formula is C16H18ClN3O4. The van der Waals surface area contributed by atoms with Crippen LogP contribution in [0.4, 0.5) is 0 Å². The van der Waals surface area contributed by atoms with Gasteiger partial charge >= 0.3 is 11.9 Å². The van der Waals surface area contributed by atoms with E-state index in [1.807, 2.05) is 18.2 Å². The van der Waals surface area contributed by atoms with Crippen molar-refractivity contribution in [2.24, 2.45) is 5.73 Å². The average molecular weight is 352 g/mol. The van der Waals surface area contributed by atoms with Gasteiger partial charge in [0.1, 0.15) is 11.2 Å². The van der Waals surface area contributed by atoms with Gasteiger partial charge in [-0.05, 0) is 19.1 Å². The van der Waals surface area contributed by atoms with E-state index in [1.54, 1.807) is 19.1 Å². The number of benzene rings is 1. The Bertz CT molecular complexity index is 730. The van der Waals surface area contributed by atoms with Crippen molar-refractivity contribution in [3.8, 4) is 5.69 Å². The first-order valence-electron chi connectivity index (χ1n) is 7.32. The largest absolute Gasteiger partial charge is 0.465 e.